The summed E-state index contributed by atoms with van der Waals surface area (Å²) in [6.45, 7) is 1.52. The first-order valence-electron chi connectivity index (χ1n) is 5.27. The van der Waals surface area contributed by atoms with E-state index in [1.807, 2.05) is 12.1 Å². The molecule has 1 aromatic rings. The van der Waals surface area contributed by atoms with E-state index in [1.165, 1.54) is 0 Å². The Morgan fingerprint density at radius 3 is 3.06 bits per heavy atom. The molecule has 0 aliphatic carbocycles. The molecule has 2 rings (SSSR count). The number of hydrogen-bond donors (Lipinski definition) is 1. The number of carbonyl (C=O) groups excluding carboxylic acids is 1. The van der Waals surface area contributed by atoms with Crippen molar-refractivity contribution in [3.05, 3.63) is 29.3 Å². The molecule has 0 saturated carbocycles. The fourth-order valence-electron chi connectivity index (χ4n) is 2.14. The van der Waals surface area contributed by atoms with Crippen LogP contribution in [0.25, 0.3) is 0 Å². The number of rotatable bonds is 3. The topological polar surface area (TPSA) is 70.1 Å². The summed E-state index contributed by atoms with van der Waals surface area (Å²) in [4.78, 5) is 13.4. The van der Waals surface area contributed by atoms with Gasteiger partial charge >= 0.3 is 0 Å². The van der Waals surface area contributed by atoms with E-state index >= 15 is 0 Å². The third kappa shape index (κ3) is 1.72. The molecule has 0 aromatic heterocycles. The monoisotopic (exact) mass is 215 g/mol. The zero-order chi connectivity index (χ0) is 11.5. The summed E-state index contributed by atoms with van der Waals surface area (Å²) in [5.74, 6) is -0.402. The van der Waals surface area contributed by atoms with Crippen LogP contribution in [0, 0.1) is 11.3 Å². The number of nitrogens with two attached hydrogens (primary N) is 1. The smallest absolute Gasteiger partial charge is 0.250 e. The summed E-state index contributed by atoms with van der Waals surface area (Å²) in [5.41, 5.74) is 7.98. The zero-order valence-corrected chi connectivity index (χ0v) is 8.94. The zero-order valence-electron chi connectivity index (χ0n) is 8.94. The van der Waals surface area contributed by atoms with Crippen molar-refractivity contribution >= 4 is 11.6 Å². The number of hydrogen-bond acceptors (Lipinski definition) is 3. The number of fused-ring (bicyclic) bond motifs is 1. The molecule has 0 radical (unpaired) electrons. The normalized spacial score (nSPS) is 13.3. The van der Waals surface area contributed by atoms with E-state index in [0.29, 0.717) is 18.5 Å². The van der Waals surface area contributed by atoms with Gasteiger partial charge in [-0.25, -0.2) is 0 Å². The van der Waals surface area contributed by atoms with Gasteiger partial charge < -0.3 is 10.6 Å². The van der Waals surface area contributed by atoms with Gasteiger partial charge in [0.05, 0.1) is 23.7 Å². The highest BCUT2D eigenvalue weighted by atomic mass is 16.1. The summed E-state index contributed by atoms with van der Waals surface area (Å²) in [6, 6.07) is 7.72. The SMILES string of the molecule is N#CCCN1CCc2cccc(C(N)=O)c21. The van der Waals surface area contributed by atoms with Crippen LogP contribution in [0.1, 0.15) is 22.3 Å². The third-order valence-electron chi connectivity index (χ3n) is 2.85. The van der Waals surface area contributed by atoms with Gasteiger partial charge in [-0.2, -0.15) is 5.26 Å². The number of para-hydroxylation sites is 1. The molecule has 1 aliphatic rings. The molecule has 4 heteroatoms. The predicted octanol–water partition coefficient (Wildman–Crippen LogP) is 1.06. The highest BCUT2D eigenvalue weighted by molar-refractivity contribution is 5.99. The van der Waals surface area contributed by atoms with E-state index in [1.54, 1.807) is 6.07 Å². The highest BCUT2D eigenvalue weighted by Crippen LogP contribution is 2.31. The molecule has 1 amide bonds. The lowest BCUT2D eigenvalue weighted by atomic mass is 10.1. The van der Waals surface area contributed by atoms with Crippen molar-refractivity contribution in [3.63, 3.8) is 0 Å². The molecule has 16 heavy (non-hydrogen) atoms. The lowest BCUT2D eigenvalue weighted by Crippen LogP contribution is -2.24. The maximum Gasteiger partial charge on any atom is 0.250 e. The van der Waals surface area contributed by atoms with Crippen molar-refractivity contribution in [3.8, 4) is 6.07 Å². The Morgan fingerprint density at radius 2 is 2.38 bits per heavy atom. The van der Waals surface area contributed by atoms with Gasteiger partial charge in [0.2, 0.25) is 0 Å². The highest BCUT2D eigenvalue weighted by Gasteiger charge is 2.23. The molecule has 0 atom stereocenters. The Kier molecular flexibility index (Phi) is 2.78. The average Bonchev–Trinajstić information content (AvgIpc) is 2.69. The Bertz CT molecular complexity index is 462. The number of primary amides is 1. The summed E-state index contributed by atoms with van der Waals surface area (Å²) >= 11 is 0. The van der Waals surface area contributed by atoms with Gasteiger partial charge in [0.15, 0.2) is 0 Å². The number of benzene rings is 1. The van der Waals surface area contributed by atoms with Crippen LogP contribution in [0.2, 0.25) is 0 Å². The van der Waals surface area contributed by atoms with Gasteiger partial charge in [-0.15, -0.1) is 0 Å². The van der Waals surface area contributed by atoms with Crippen LogP contribution in [-0.2, 0) is 6.42 Å². The van der Waals surface area contributed by atoms with Crippen LogP contribution >= 0.6 is 0 Å². The third-order valence-corrected chi connectivity index (χ3v) is 2.85. The molecule has 0 bridgehead atoms. The van der Waals surface area contributed by atoms with Gasteiger partial charge in [0.1, 0.15) is 0 Å². The van der Waals surface area contributed by atoms with E-state index in [2.05, 4.69) is 11.0 Å². The van der Waals surface area contributed by atoms with Crippen molar-refractivity contribution in [1.82, 2.24) is 0 Å². The first-order valence-corrected chi connectivity index (χ1v) is 5.27. The van der Waals surface area contributed by atoms with E-state index in [0.717, 1.165) is 24.2 Å². The van der Waals surface area contributed by atoms with E-state index in [-0.39, 0.29) is 0 Å². The molecule has 1 aliphatic heterocycles. The summed E-state index contributed by atoms with van der Waals surface area (Å²) in [5, 5.41) is 8.58. The molecule has 0 spiro atoms. The minimum absolute atomic E-state index is 0.402. The Labute approximate surface area is 94.3 Å². The van der Waals surface area contributed by atoms with Crippen LogP contribution in [0.3, 0.4) is 0 Å². The van der Waals surface area contributed by atoms with Gasteiger partial charge in [0.25, 0.3) is 5.91 Å². The van der Waals surface area contributed by atoms with Gasteiger partial charge in [0, 0.05) is 13.1 Å². The molecular weight excluding hydrogens is 202 g/mol. The largest absolute Gasteiger partial charge is 0.369 e. The molecule has 0 fully saturated rings. The van der Waals surface area contributed by atoms with Gasteiger partial charge in [-0.1, -0.05) is 12.1 Å². The second kappa shape index (κ2) is 4.23. The maximum atomic E-state index is 11.3. The van der Waals surface area contributed by atoms with Gasteiger partial charge in [-0.05, 0) is 18.1 Å². The minimum Gasteiger partial charge on any atom is -0.369 e. The number of nitrogens with zero attached hydrogens (tertiary/aromatic N) is 2. The van der Waals surface area contributed by atoms with E-state index in [4.69, 9.17) is 11.0 Å². The number of anilines is 1. The fourth-order valence-corrected chi connectivity index (χ4v) is 2.14. The van der Waals surface area contributed by atoms with Crippen LogP contribution in [0.5, 0.6) is 0 Å². The first kappa shape index (κ1) is 10.5. The molecule has 1 heterocycles. The summed E-state index contributed by atoms with van der Waals surface area (Å²) < 4.78 is 0. The predicted molar refractivity (Wildman–Crippen MR) is 61.1 cm³/mol. The molecule has 82 valence electrons. The van der Waals surface area contributed by atoms with Gasteiger partial charge in [-0.3, -0.25) is 4.79 Å². The van der Waals surface area contributed by atoms with Crippen molar-refractivity contribution in [1.29, 1.82) is 5.26 Å². The van der Waals surface area contributed by atoms with Crippen LogP contribution in [0.15, 0.2) is 18.2 Å². The number of amides is 1. The fraction of sp³-hybridized carbons (Fsp3) is 0.333. The van der Waals surface area contributed by atoms with Crippen molar-refractivity contribution in [2.45, 2.75) is 12.8 Å². The Hall–Kier alpha value is -2.02. The Balaban J connectivity index is 2.36. The molecule has 4 nitrogen and oxygen atoms in total. The average molecular weight is 215 g/mol. The second-order valence-electron chi connectivity index (χ2n) is 3.82. The Morgan fingerprint density at radius 1 is 1.56 bits per heavy atom. The molecule has 1 aromatic carbocycles. The maximum absolute atomic E-state index is 11.3. The molecule has 0 saturated heterocycles. The van der Waals surface area contributed by atoms with Crippen LogP contribution in [0.4, 0.5) is 5.69 Å². The summed E-state index contributed by atoms with van der Waals surface area (Å²) in [7, 11) is 0. The van der Waals surface area contributed by atoms with E-state index < -0.39 is 5.91 Å². The van der Waals surface area contributed by atoms with Crippen molar-refractivity contribution in [2.75, 3.05) is 18.0 Å². The summed E-state index contributed by atoms with van der Waals surface area (Å²) in [6.07, 6.45) is 1.38. The van der Waals surface area contributed by atoms with Crippen molar-refractivity contribution < 1.29 is 4.79 Å². The van der Waals surface area contributed by atoms with Crippen LogP contribution < -0.4 is 10.6 Å². The van der Waals surface area contributed by atoms with Crippen LogP contribution in [-0.4, -0.2) is 19.0 Å². The standard InChI is InChI=1S/C12H13N3O/c13-6-2-7-15-8-5-9-3-1-4-10(11(9)15)12(14)16/h1,3-4H,2,5,7-8H2,(H2,14,16). The first-order chi connectivity index (χ1) is 7.74. The second-order valence-corrected chi connectivity index (χ2v) is 3.82. The minimum atomic E-state index is -0.402. The number of nitriles is 1. The molecule has 2 N–H and O–H groups in total. The number of carbonyl (C=O) groups is 1. The van der Waals surface area contributed by atoms with Crippen molar-refractivity contribution in [2.24, 2.45) is 5.73 Å². The lowest BCUT2D eigenvalue weighted by molar-refractivity contribution is 0.100. The lowest BCUT2D eigenvalue weighted by Gasteiger charge is -2.19. The quantitative estimate of drug-likeness (QED) is 0.819. The molecule has 0 unspecified atom stereocenters. The van der Waals surface area contributed by atoms with E-state index in [9.17, 15) is 4.79 Å². The molecular formula is C12H13N3O.